The van der Waals surface area contributed by atoms with Crippen LogP contribution < -0.4 is 15.4 Å². The van der Waals surface area contributed by atoms with Crippen LogP contribution in [-0.4, -0.2) is 63.7 Å². The molecule has 2 aliphatic heterocycles. The number of fused-ring (bicyclic) bond motifs is 1. The molecule has 216 valence electrons. The molecule has 6 rings (SSSR count). The zero-order valence-electron chi connectivity index (χ0n) is 23.9. The molecule has 4 heterocycles. The number of amides is 1. The summed E-state index contributed by atoms with van der Waals surface area (Å²) in [7, 11) is 1.59. The van der Waals surface area contributed by atoms with Gasteiger partial charge < -0.3 is 20.5 Å². The number of aliphatic hydroxyl groups is 1. The number of nitrogens with zero attached hydrogens (tertiary/aromatic N) is 4. The molecular formula is C32H33ClN6O3. The average molecular weight is 585 g/mol. The highest BCUT2D eigenvalue weighted by atomic mass is 35.5. The number of hydrogen-bond donors (Lipinski definition) is 3. The molecule has 42 heavy (non-hydrogen) atoms. The second kappa shape index (κ2) is 11.8. The predicted molar refractivity (Wildman–Crippen MR) is 163 cm³/mol. The Morgan fingerprint density at radius 2 is 1.90 bits per heavy atom. The zero-order chi connectivity index (χ0) is 29.4. The van der Waals surface area contributed by atoms with E-state index in [9.17, 15) is 9.90 Å². The first-order valence-corrected chi connectivity index (χ1v) is 14.4. The molecule has 2 aliphatic rings. The van der Waals surface area contributed by atoms with Crippen LogP contribution in [0.2, 0.25) is 5.02 Å². The number of hydrogen-bond acceptors (Lipinski definition) is 8. The summed E-state index contributed by atoms with van der Waals surface area (Å²) < 4.78 is 5.57. The lowest BCUT2D eigenvalue weighted by Crippen LogP contribution is -2.50. The van der Waals surface area contributed by atoms with Crippen molar-refractivity contribution in [1.29, 1.82) is 0 Å². The van der Waals surface area contributed by atoms with Crippen molar-refractivity contribution in [1.82, 2.24) is 25.2 Å². The molecule has 1 fully saturated rings. The average Bonchev–Trinajstić information content (AvgIpc) is 2.98. The van der Waals surface area contributed by atoms with Gasteiger partial charge in [-0.25, -0.2) is 9.97 Å². The lowest BCUT2D eigenvalue weighted by molar-refractivity contribution is -0.00403. The first-order chi connectivity index (χ1) is 20.3. The van der Waals surface area contributed by atoms with Crippen molar-refractivity contribution in [3.8, 4) is 28.3 Å². The summed E-state index contributed by atoms with van der Waals surface area (Å²) >= 11 is 6.92. The molecule has 0 bridgehead atoms. The Morgan fingerprint density at radius 3 is 2.69 bits per heavy atom. The number of carbonyl (C=O) groups excluding carboxylic acids is 1. The van der Waals surface area contributed by atoms with Gasteiger partial charge in [0.05, 0.1) is 41.5 Å². The smallest absolute Gasteiger partial charge is 0.274 e. The van der Waals surface area contributed by atoms with Crippen molar-refractivity contribution in [2.75, 3.05) is 32.1 Å². The van der Waals surface area contributed by atoms with Crippen LogP contribution in [0.3, 0.4) is 0 Å². The van der Waals surface area contributed by atoms with Crippen molar-refractivity contribution in [2.24, 2.45) is 0 Å². The lowest BCUT2D eigenvalue weighted by atomic mass is 9.94. The molecule has 0 unspecified atom stereocenters. The molecule has 0 aliphatic carbocycles. The minimum atomic E-state index is -0.300. The van der Waals surface area contributed by atoms with Gasteiger partial charge in [0.1, 0.15) is 11.4 Å². The molecule has 0 spiro atoms. The Balaban J connectivity index is 1.28. The van der Waals surface area contributed by atoms with Crippen LogP contribution in [-0.2, 0) is 19.5 Å². The summed E-state index contributed by atoms with van der Waals surface area (Å²) in [5.41, 5.74) is 9.09. The Kier molecular flexibility index (Phi) is 7.92. The predicted octanol–water partition coefficient (Wildman–Crippen LogP) is 4.56. The van der Waals surface area contributed by atoms with E-state index in [-0.39, 0.29) is 12.0 Å². The van der Waals surface area contributed by atoms with Gasteiger partial charge in [0.15, 0.2) is 0 Å². The number of halogens is 1. The molecular weight excluding hydrogens is 552 g/mol. The zero-order valence-corrected chi connectivity index (χ0v) is 24.6. The van der Waals surface area contributed by atoms with Gasteiger partial charge in [-0.2, -0.15) is 0 Å². The van der Waals surface area contributed by atoms with Gasteiger partial charge in [0, 0.05) is 37.3 Å². The third-order valence-electron chi connectivity index (χ3n) is 7.97. The normalized spacial score (nSPS) is 15.2. The fourth-order valence-corrected chi connectivity index (χ4v) is 5.97. The molecule has 1 saturated heterocycles. The number of benzene rings is 2. The van der Waals surface area contributed by atoms with Crippen LogP contribution in [0.15, 0.2) is 48.7 Å². The van der Waals surface area contributed by atoms with E-state index < -0.39 is 0 Å². The molecule has 0 atom stereocenters. The maximum absolute atomic E-state index is 13.3. The van der Waals surface area contributed by atoms with E-state index in [0.29, 0.717) is 54.2 Å². The van der Waals surface area contributed by atoms with Gasteiger partial charge >= 0.3 is 0 Å². The summed E-state index contributed by atoms with van der Waals surface area (Å²) in [4.78, 5) is 29.4. The third kappa shape index (κ3) is 5.48. The van der Waals surface area contributed by atoms with E-state index in [1.165, 1.54) is 5.56 Å². The summed E-state index contributed by atoms with van der Waals surface area (Å²) in [5, 5.41) is 16.3. The monoisotopic (exact) mass is 584 g/mol. The number of likely N-dealkylation sites (tertiary alicyclic amines) is 1. The molecule has 9 nitrogen and oxygen atoms in total. The summed E-state index contributed by atoms with van der Waals surface area (Å²) in [6.45, 7) is 7.42. The van der Waals surface area contributed by atoms with Crippen LogP contribution in [0.5, 0.6) is 5.88 Å². The molecule has 0 saturated carbocycles. The van der Waals surface area contributed by atoms with Gasteiger partial charge in [-0.05, 0) is 61.2 Å². The lowest BCUT2D eigenvalue weighted by Gasteiger charge is -2.35. The standard InChI is InChI=1S/C32H33ClN6O3/c1-18-12-26(36-27-13-34-11-10-21(18)27)31(41)37-25-9-5-8-24(30(25)33)22-6-4-7-23(19(22)2)28-14-35-29(32(38-28)42-3)17-39-15-20(40)16-39/h4-9,12,14,20,34,40H,10-11,13,15-17H2,1-3H3,(H,37,41). The number of rotatable bonds is 7. The van der Waals surface area contributed by atoms with Crippen molar-refractivity contribution in [2.45, 2.75) is 39.5 Å². The molecule has 4 aromatic rings. The van der Waals surface area contributed by atoms with Gasteiger partial charge in [0.25, 0.3) is 5.91 Å². The quantitative estimate of drug-likeness (QED) is 0.290. The molecule has 2 aromatic heterocycles. The number of β-amino-alcohol motifs (C(OH)–C–C–N with tert-alkyl or cyclic N) is 1. The van der Waals surface area contributed by atoms with Crippen LogP contribution in [0.25, 0.3) is 22.4 Å². The van der Waals surface area contributed by atoms with Crippen molar-refractivity contribution in [3.05, 3.63) is 87.5 Å². The minimum Gasteiger partial charge on any atom is -0.480 e. The number of ether oxygens (including phenoxy) is 1. The maximum Gasteiger partial charge on any atom is 0.274 e. The molecule has 2 aromatic carbocycles. The van der Waals surface area contributed by atoms with E-state index in [1.54, 1.807) is 19.4 Å². The van der Waals surface area contributed by atoms with E-state index in [0.717, 1.165) is 52.2 Å². The van der Waals surface area contributed by atoms with E-state index in [2.05, 4.69) is 25.5 Å². The first-order valence-electron chi connectivity index (χ1n) is 14.0. The Hall–Kier alpha value is -3.89. The van der Waals surface area contributed by atoms with E-state index in [1.807, 2.05) is 50.2 Å². The van der Waals surface area contributed by atoms with Crippen molar-refractivity contribution < 1.29 is 14.6 Å². The van der Waals surface area contributed by atoms with Crippen LogP contribution >= 0.6 is 11.6 Å². The number of aliphatic hydroxyl groups excluding tert-OH is 1. The third-order valence-corrected chi connectivity index (χ3v) is 8.38. The highest BCUT2D eigenvalue weighted by Gasteiger charge is 2.26. The maximum atomic E-state index is 13.3. The van der Waals surface area contributed by atoms with Gasteiger partial charge in [-0.3, -0.25) is 14.7 Å². The minimum absolute atomic E-state index is 0.283. The fraction of sp³-hybridized carbons (Fsp3) is 0.312. The van der Waals surface area contributed by atoms with Crippen molar-refractivity contribution in [3.63, 3.8) is 0 Å². The van der Waals surface area contributed by atoms with Gasteiger partial charge in [-0.1, -0.05) is 41.9 Å². The number of carbonyl (C=O) groups is 1. The van der Waals surface area contributed by atoms with Crippen molar-refractivity contribution >= 4 is 23.2 Å². The first kappa shape index (κ1) is 28.2. The molecule has 0 radical (unpaired) electrons. The van der Waals surface area contributed by atoms with Gasteiger partial charge in [0.2, 0.25) is 5.88 Å². The highest BCUT2D eigenvalue weighted by Crippen LogP contribution is 2.38. The van der Waals surface area contributed by atoms with E-state index >= 15 is 0 Å². The van der Waals surface area contributed by atoms with Crippen LogP contribution in [0, 0.1) is 13.8 Å². The highest BCUT2D eigenvalue weighted by molar-refractivity contribution is 6.36. The fourth-order valence-electron chi connectivity index (χ4n) is 5.70. The van der Waals surface area contributed by atoms with Crippen LogP contribution in [0.1, 0.15) is 38.6 Å². The Labute approximate surface area is 249 Å². The SMILES string of the molecule is COc1nc(-c2cccc(-c3cccc(NC(=O)c4cc(C)c5c(n4)CNCC5)c3Cl)c2C)cnc1CN1CC(O)C1. The number of aromatic nitrogens is 3. The summed E-state index contributed by atoms with van der Waals surface area (Å²) in [6.07, 6.45) is 2.38. The topological polar surface area (TPSA) is 112 Å². The number of methoxy groups -OCH3 is 1. The largest absolute Gasteiger partial charge is 0.480 e. The number of pyridine rings is 1. The van der Waals surface area contributed by atoms with Gasteiger partial charge in [-0.15, -0.1) is 0 Å². The number of nitrogens with one attached hydrogen (secondary N) is 2. The second-order valence-corrected chi connectivity index (χ2v) is 11.2. The number of anilines is 1. The second-order valence-electron chi connectivity index (χ2n) is 10.8. The summed E-state index contributed by atoms with van der Waals surface area (Å²) in [6, 6.07) is 13.4. The van der Waals surface area contributed by atoms with E-state index in [4.69, 9.17) is 21.3 Å². The Morgan fingerprint density at radius 1 is 1.14 bits per heavy atom. The van der Waals surface area contributed by atoms with Crippen LogP contribution in [0.4, 0.5) is 5.69 Å². The molecule has 3 N–H and O–H groups in total. The molecule has 10 heteroatoms. The summed E-state index contributed by atoms with van der Waals surface area (Å²) in [5.74, 6) is 0.162. The molecule has 1 amide bonds. The Bertz CT molecular complexity index is 1670. The number of aryl methyl sites for hydroxylation is 1.